The topological polar surface area (TPSA) is 75.3 Å². The van der Waals surface area contributed by atoms with E-state index >= 15 is 0 Å². The van der Waals surface area contributed by atoms with E-state index < -0.39 is 0 Å². The molecule has 0 saturated heterocycles. The van der Waals surface area contributed by atoms with Crippen LogP contribution in [0.2, 0.25) is 0 Å². The van der Waals surface area contributed by atoms with Gasteiger partial charge in [-0.25, -0.2) is 4.39 Å². The van der Waals surface area contributed by atoms with Crippen molar-refractivity contribution < 1.29 is 8.91 Å². The van der Waals surface area contributed by atoms with E-state index in [-0.39, 0.29) is 17.2 Å². The van der Waals surface area contributed by atoms with Crippen LogP contribution in [0.1, 0.15) is 50.9 Å². The van der Waals surface area contributed by atoms with Crippen LogP contribution < -0.4 is 10.6 Å². The first-order valence-corrected chi connectivity index (χ1v) is 8.85. The van der Waals surface area contributed by atoms with Crippen LogP contribution in [-0.4, -0.2) is 36.2 Å². The highest BCUT2D eigenvalue weighted by atomic mass is 19.1. The predicted octanol–water partition coefficient (Wildman–Crippen LogP) is 3.02. The van der Waals surface area contributed by atoms with E-state index in [1.54, 1.807) is 19.2 Å². The number of rotatable bonds is 7. The van der Waals surface area contributed by atoms with Gasteiger partial charge in [0.05, 0.1) is 0 Å². The third kappa shape index (κ3) is 5.54. The van der Waals surface area contributed by atoms with Gasteiger partial charge in [0.15, 0.2) is 11.8 Å². The number of guanidine groups is 1. The van der Waals surface area contributed by atoms with Crippen LogP contribution in [0.4, 0.5) is 4.39 Å². The molecule has 1 heterocycles. The summed E-state index contributed by atoms with van der Waals surface area (Å²) in [5.74, 6) is 2.03. The molecule has 1 aromatic carbocycles. The van der Waals surface area contributed by atoms with E-state index in [0.29, 0.717) is 31.4 Å². The summed E-state index contributed by atoms with van der Waals surface area (Å²) in [5, 5.41) is 10.5. The molecule has 7 heteroatoms. The highest BCUT2D eigenvalue weighted by molar-refractivity contribution is 5.79. The highest BCUT2D eigenvalue weighted by Gasteiger charge is 2.21. The summed E-state index contributed by atoms with van der Waals surface area (Å²) in [4.78, 5) is 8.57. The zero-order valence-corrected chi connectivity index (χ0v) is 16.1. The molecule has 0 aliphatic carbocycles. The van der Waals surface area contributed by atoms with Crippen molar-refractivity contribution in [2.24, 2.45) is 4.99 Å². The van der Waals surface area contributed by atoms with Crippen molar-refractivity contribution in [2.75, 3.05) is 20.1 Å². The zero-order valence-electron chi connectivity index (χ0n) is 16.1. The lowest BCUT2D eigenvalue weighted by atomic mass is 9.84. The van der Waals surface area contributed by atoms with Gasteiger partial charge < -0.3 is 15.2 Å². The van der Waals surface area contributed by atoms with Gasteiger partial charge in [-0.3, -0.25) is 4.99 Å². The van der Waals surface area contributed by atoms with E-state index in [1.165, 1.54) is 6.07 Å². The van der Waals surface area contributed by atoms with Gasteiger partial charge in [0.1, 0.15) is 5.82 Å². The van der Waals surface area contributed by atoms with Gasteiger partial charge in [0, 0.05) is 37.9 Å². The molecule has 0 atom stereocenters. The first-order valence-electron chi connectivity index (χ1n) is 8.85. The van der Waals surface area contributed by atoms with Crippen molar-refractivity contribution in [3.63, 3.8) is 0 Å². The van der Waals surface area contributed by atoms with Crippen LogP contribution in [0.5, 0.6) is 0 Å². The summed E-state index contributed by atoms with van der Waals surface area (Å²) in [5.41, 5.74) is 0.700. The number of nitrogens with one attached hydrogen (secondary N) is 2. The van der Waals surface area contributed by atoms with Crippen LogP contribution in [0.3, 0.4) is 0 Å². The fraction of sp³-hybridized carbons (Fsp3) is 0.526. The average molecular weight is 361 g/mol. The Bertz CT molecular complexity index is 739. The minimum Gasteiger partial charge on any atom is -0.356 e. The molecular formula is C19H28FN5O. The Morgan fingerprint density at radius 3 is 2.69 bits per heavy atom. The maximum Gasteiger partial charge on any atom is 0.228 e. The molecule has 0 saturated carbocycles. The minimum absolute atomic E-state index is 0.224. The molecule has 0 amide bonds. The number of aliphatic imine (C=N–C) groups is 1. The molecule has 26 heavy (non-hydrogen) atoms. The number of nitrogens with zero attached hydrogens (tertiary/aromatic N) is 3. The van der Waals surface area contributed by atoms with Gasteiger partial charge in [-0.1, -0.05) is 45.0 Å². The Balaban J connectivity index is 1.83. The van der Waals surface area contributed by atoms with Crippen molar-refractivity contribution in [3.8, 4) is 0 Å². The van der Waals surface area contributed by atoms with E-state index in [0.717, 1.165) is 11.4 Å². The van der Waals surface area contributed by atoms with E-state index in [4.69, 9.17) is 4.52 Å². The number of hydrogen-bond acceptors (Lipinski definition) is 4. The molecule has 0 fully saturated rings. The lowest BCUT2D eigenvalue weighted by molar-refractivity contribution is 0.371. The van der Waals surface area contributed by atoms with Gasteiger partial charge in [-0.2, -0.15) is 4.98 Å². The molecule has 1 aromatic heterocycles. The summed E-state index contributed by atoms with van der Waals surface area (Å²) in [7, 11) is 1.72. The molecule has 2 rings (SSSR count). The number of halogens is 1. The van der Waals surface area contributed by atoms with E-state index in [9.17, 15) is 4.39 Å². The molecule has 0 aliphatic heterocycles. The molecule has 0 bridgehead atoms. The Hall–Kier alpha value is -2.44. The molecule has 142 valence electrons. The van der Waals surface area contributed by atoms with Gasteiger partial charge in [0.25, 0.3) is 0 Å². The third-order valence-electron chi connectivity index (χ3n) is 4.16. The molecule has 0 spiro atoms. The maximum absolute atomic E-state index is 13.5. The van der Waals surface area contributed by atoms with Crippen LogP contribution >= 0.6 is 0 Å². The molecular weight excluding hydrogens is 333 g/mol. The standard InChI is InChI=1S/C19H28FN5O/c1-13(2)17-24-16(26-25-17)9-10-22-18(21-5)23-12-19(3,4)14-7-6-8-15(20)11-14/h6-8,11,13H,9-10,12H2,1-5H3,(H2,21,22,23). The molecule has 0 aliphatic rings. The fourth-order valence-corrected chi connectivity index (χ4v) is 2.43. The highest BCUT2D eigenvalue weighted by Crippen LogP contribution is 2.22. The summed E-state index contributed by atoms with van der Waals surface area (Å²) in [6.45, 7) is 9.42. The van der Waals surface area contributed by atoms with Gasteiger partial charge in [-0.05, 0) is 17.7 Å². The second-order valence-electron chi connectivity index (χ2n) is 7.20. The van der Waals surface area contributed by atoms with Gasteiger partial charge in [0.2, 0.25) is 5.89 Å². The smallest absolute Gasteiger partial charge is 0.228 e. The first kappa shape index (κ1) is 19.9. The Kier molecular flexibility index (Phi) is 6.71. The Labute approximate surface area is 154 Å². The van der Waals surface area contributed by atoms with Gasteiger partial charge >= 0.3 is 0 Å². The summed E-state index contributed by atoms with van der Waals surface area (Å²) in [6.07, 6.45) is 0.619. The van der Waals surface area contributed by atoms with Crippen LogP contribution in [0.25, 0.3) is 0 Å². The van der Waals surface area contributed by atoms with Crippen LogP contribution in [0, 0.1) is 5.82 Å². The van der Waals surface area contributed by atoms with Crippen LogP contribution in [-0.2, 0) is 11.8 Å². The lowest BCUT2D eigenvalue weighted by Crippen LogP contribution is -2.44. The molecule has 2 N–H and O–H groups in total. The zero-order chi connectivity index (χ0) is 19.2. The van der Waals surface area contributed by atoms with Crippen molar-refractivity contribution in [1.29, 1.82) is 0 Å². The molecule has 6 nitrogen and oxygen atoms in total. The van der Waals surface area contributed by atoms with E-state index in [1.807, 2.05) is 19.9 Å². The molecule has 0 unspecified atom stereocenters. The van der Waals surface area contributed by atoms with Crippen molar-refractivity contribution in [3.05, 3.63) is 47.4 Å². The quantitative estimate of drug-likeness (QED) is 0.586. The average Bonchev–Trinajstić information content (AvgIpc) is 3.07. The third-order valence-corrected chi connectivity index (χ3v) is 4.16. The number of aromatic nitrogens is 2. The number of hydrogen-bond donors (Lipinski definition) is 2. The van der Waals surface area contributed by atoms with Crippen molar-refractivity contribution >= 4 is 5.96 Å². The SMILES string of the molecule is CN=C(NCCc1nc(C(C)C)no1)NCC(C)(C)c1cccc(F)c1. The lowest BCUT2D eigenvalue weighted by Gasteiger charge is -2.26. The largest absolute Gasteiger partial charge is 0.356 e. The van der Waals surface area contributed by atoms with Crippen molar-refractivity contribution in [2.45, 2.75) is 45.4 Å². The second kappa shape index (κ2) is 8.78. The van der Waals surface area contributed by atoms with Crippen molar-refractivity contribution in [1.82, 2.24) is 20.8 Å². The predicted molar refractivity (Wildman–Crippen MR) is 101 cm³/mol. The maximum atomic E-state index is 13.5. The summed E-state index contributed by atoms with van der Waals surface area (Å²) >= 11 is 0. The van der Waals surface area contributed by atoms with E-state index in [2.05, 4.69) is 39.6 Å². The van der Waals surface area contributed by atoms with Gasteiger partial charge in [-0.15, -0.1) is 0 Å². The second-order valence-corrected chi connectivity index (χ2v) is 7.20. The normalized spacial score (nSPS) is 12.5. The Morgan fingerprint density at radius 1 is 1.31 bits per heavy atom. The number of benzene rings is 1. The molecule has 0 radical (unpaired) electrons. The minimum atomic E-state index is -0.238. The summed E-state index contributed by atoms with van der Waals surface area (Å²) in [6, 6.07) is 6.69. The fourth-order valence-electron chi connectivity index (χ4n) is 2.43. The Morgan fingerprint density at radius 2 is 2.08 bits per heavy atom. The summed E-state index contributed by atoms with van der Waals surface area (Å²) < 4.78 is 18.7. The van der Waals surface area contributed by atoms with Crippen LogP contribution in [0.15, 0.2) is 33.8 Å². The first-order chi connectivity index (χ1) is 12.3. The molecule has 2 aromatic rings. The monoisotopic (exact) mass is 361 g/mol.